The van der Waals surface area contributed by atoms with Gasteiger partial charge in [-0.2, -0.15) is 0 Å². The van der Waals surface area contributed by atoms with Crippen LogP contribution in [0.2, 0.25) is 0 Å². The molecule has 98 valence electrons. The van der Waals surface area contributed by atoms with Crippen LogP contribution in [0.25, 0.3) is 0 Å². The Labute approximate surface area is 103 Å². The summed E-state index contributed by atoms with van der Waals surface area (Å²) in [7, 11) is 0. The summed E-state index contributed by atoms with van der Waals surface area (Å²) < 4.78 is 0. The quantitative estimate of drug-likeness (QED) is 0.761. The van der Waals surface area contributed by atoms with Gasteiger partial charge in [-0.3, -0.25) is 9.69 Å². The fourth-order valence-corrected chi connectivity index (χ4v) is 3.49. The molecule has 0 aromatic rings. The molecule has 0 radical (unpaired) electrons. The normalized spacial score (nSPS) is 31.1. The van der Waals surface area contributed by atoms with E-state index in [1.165, 1.54) is 32.1 Å². The molecular formula is C13H24N2O2. The van der Waals surface area contributed by atoms with E-state index in [-0.39, 0.29) is 0 Å². The molecule has 1 heterocycles. The number of nitrogens with one attached hydrogen (secondary N) is 1. The van der Waals surface area contributed by atoms with Gasteiger partial charge in [0.2, 0.25) is 0 Å². The average Bonchev–Trinajstić information content (AvgIpc) is 2.77. The number of rotatable bonds is 5. The van der Waals surface area contributed by atoms with Crippen LogP contribution in [0.1, 0.15) is 39.0 Å². The van der Waals surface area contributed by atoms with Crippen LogP contribution in [-0.2, 0) is 4.79 Å². The van der Waals surface area contributed by atoms with Gasteiger partial charge in [0, 0.05) is 12.6 Å². The van der Waals surface area contributed by atoms with Gasteiger partial charge in [-0.25, -0.2) is 0 Å². The first-order chi connectivity index (χ1) is 8.22. The number of likely N-dealkylation sites (tertiary alicyclic amines) is 1. The highest BCUT2D eigenvalue weighted by Crippen LogP contribution is 2.36. The smallest absolute Gasteiger partial charge is 0.322 e. The number of hydrogen-bond donors (Lipinski definition) is 2. The van der Waals surface area contributed by atoms with Crippen molar-refractivity contribution in [3.05, 3.63) is 0 Å². The van der Waals surface area contributed by atoms with Crippen LogP contribution in [0.5, 0.6) is 0 Å². The van der Waals surface area contributed by atoms with E-state index in [1.807, 2.05) is 6.92 Å². The van der Waals surface area contributed by atoms with Crippen molar-refractivity contribution >= 4 is 5.97 Å². The van der Waals surface area contributed by atoms with Crippen molar-refractivity contribution in [3.63, 3.8) is 0 Å². The Morgan fingerprint density at radius 3 is 2.88 bits per heavy atom. The summed E-state index contributed by atoms with van der Waals surface area (Å²) >= 11 is 0. The second-order valence-electron chi connectivity index (χ2n) is 5.34. The minimum atomic E-state index is -0.716. The molecular weight excluding hydrogens is 216 g/mol. The Bertz CT molecular complexity index is 270. The van der Waals surface area contributed by atoms with E-state index in [0.29, 0.717) is 12.6 Å². The maximum absolute atomic E-state index is 11.2. The van der Waals surface area contributed by atoms with Crippen molar-refractivity contribution in [3.8, 4) is 0 Å². The monoisotopic (exact) mass is 240 g/mol. The fraction of sp³-hybridized carbons (Fsp3) is 0.923. The summed E-state index contributed by atoms with van der Waals surface area (Å²) in [4.78, 5) is 13.6. The summed E-state index contributed by atoms with van der Waals surface area (Å²) in [5.74, 6) is 0.117. The number of carbonyl (C=O) groups is 1. The highest BCUT2D eigenvalue weighted by atomic mass is 16.4. The van der Waals surface area contributed by atoms with Gasteiger partial charge < -0.3 is 10.4 Å². The van der Waals surface area contributed by atoms with Gasteiger partial charge in [-0.05, 0) is 44.7 Å². The molecule has 0 aromatic heterocycles. The van der Waals surface area contributed by atoms with Crippen LogP contribution in [0, 0.1) is 5.92 Å². The van der Waals surface area contributed by atoms with Gasteiger partial charge in [0.05, 0.1) is 0 Å². The third-order valence-corrected chi connectivity index (χ3v) is 4.27. The van der Waals surface area contributed by atoms with Crippen LogP contribution < -0.4 is 5.32 Å². The molecule has 0 aromatic carbocycles. The number of likely N-dealkylation sites (N-methyl/N-ethyl adjacent to an activating group) is 1. The molecule has 2 aliphatic rings. The molecule has 1 saturated carbocycles. The first kappa shape index (κ1) is 12.8. The number of fused-ring (bicyclic) bond motifs is 1. The second kappa shape index (κ2) is 5.83. The molecule has 17 heavy (non-hydrogen) atoms. The van der Waals surface area contributed by atoms with Crippen molar-refractivity contribution in [2.24, 2.45) is 5.92 Å². The first-order valence-corrected chi connectivity index (χ1v) is 6.92. The lowest BCUT2D eigenvalue weighted by Crippen LogP contribution is -2.52. The summed E-state index contributed by atoms with van der Waals surface area (Å²) in [5.41, 5.74) is 0. The van der Waals surface area contributed by atoms with E-state index in [0.717, 1.165) is 19.0 Å². The maximum atomic E-state index is 11.2. The van der Waals surface area contributed by atoms with Gasteiger partial charge in [0.25, 0.3) is 0 Å². The van der Waals surface area contributed by atoms with Crippen LogP contribution in [0.15, 0.2) is 0 Å². The molecule has 3 atom stereocenters. The minimum absolute atomic E-state index is 0.403. The number of hydrogen-bond acceptors (Lipinski definition) is 3. The lowest BCUT2D eigenvalue weighted by atomic mass is 9.91. The zero-order valence-corrected chi connectivity index (χ0v) is 10.7. The minimum Gasteiger partial charge on any atom is -0.480 e. The molecule has 2 fully saturated rings. The molecule has 1 saturated heterocycles. The van der Waals surface area contributed by atoms with Crippen LogP contribution in [0.4, 0.5) is 0 Å². The SMILES string of the molecule is CCNC(CN1CCCC2CCCC21)C(=O)O. The maximum Gasteiger partial charge on any atom is 0.322 e. The van der Waals surface area contributed by atoms with E-state index in [1.54, 1.807) is 0 Å². The number of carboxylic acids is 1. The average molecular weight is 240 g/mol. The van der Waals surface area contributed by atoms with Gasteiger partial charge in [0.15, 0.2) is 0 Å². The Morgan fingerprint density at radius 1 is 1.41 bits per heavy atom. The largest absolute Gasteiger partial charge is 0.480 e. The Balaban J connectivity index is 1.93. The summed E-state index contributed by atoms with van der Waals surface area (Å²) in [6.07, 6.45) is 6.52. The van der Waals surface area contributed by atoms with E-state index < -0.39 is 12.0 Å². The lowest BCUT2D eigenvalue weighted by molar-refractivity contribution is -0.140. The van der Waals surface area contributed by atoms with Gasteiger partial charge >= 0.3 is 5.97 Å². The molecule has 0 amide bonds. The van der Waals surface area contributed by atoms with Crippen molar-refractivity contribution < 1.29 is 9.90 Å². The second-order valence-corrected chi connectivity index (χ2v) is 5.34. The molecule has 0 bridgehead atoms. The molecule has 1 aliphatic carbocycles. The standard InChI is InChI=1S/C13H24N2O2/c1-2-14-11(13(16)17)9-15-8-4-6-10-5-3-7-12(10)15/h10-12,14H,2-9H2,1H3,(H,16,17). The molecule has 4 nitrogen and oxygen atoms in total. The van der Waals surface area contributed by atoms with Crippen molar-refractivity contribution in [2.45, 2.75) is 51.1 Å². The molecule has 1 aliphatic heterocycles. The van der Waals surface area contributed by atoms with Crippen LogP contribution in [-0.4, -0.2) is 47.7 Å². The zero-order chi connectivity index (χ0) is 12.3. The zero-order valence-electron chi connectivity index (χ0n) is 10.7. The topological polar surface area (TPSA) is 52.6 Å². The van der Waals surface area contributed by atoms with Crippen molar-refractivity contribution in [2.75, 3.05) is 19.6 Å². The lowest BCUT2D eigenvalue weighted by Gasteiger charge is -2.39. The first-order valence-electron chi connectivity index (χ1n) is 6.92. The predicted octanol–water partition coefficient (Wildman–Crippen LogP) is 1.31. The van der Waals surface area contributed by atoms with E-state index >= 15 is 0 Å². The summed E-state index contributed by atoms with van der Waals surface area (Å²) in [6, 6.07) is 0.253. The molecule has 4 heteroatoms. The highest BCUT2D eigenvalue weighted by molar-refractivity contribution is 5.73. The fourth-order valence-electron chi connectivity index (χ4n) is 3.49. The third kappa shape index (κ3) is 2.99. The Kier molecular flexibility index (Phi) is 4.40. The van der Waals surface area contributed by atoms with Gasteiger partial charge in [-0.15, -0.1) is 0 Å². The number of carboxylic acid groups (broad SMARTS) is 1. The number of nitrogens with zero attached hydrogens (tertiary/aromatic N) is 1. The summed E-state index contributed by atoms with van der Waals surface area (Å²) in [6.45, 7) is 4.43. The number of aliphatic carboxylic acids is 1. The van der Waals surface area contributed by atoms with E-state index in [9.17, 15) is 9.90 Å². The molecule has 3 unspecified atom stereocenters. The number of piperidine rings is 1. The van der Waals surface area contributed by atoms with E-state index in [4.69, 9.17) is 0 Å². The molecule has 0 spiro atoms. The van der Waals surface area contributed by atoms with Crippen LogP contribution >= 0.6 is 0 Å². The van der Waals surface area contributed by atoms with Crippen LogP contribution in [0.3, 0.4) is 0 Å². The van der Waals surface area contributed by atoms with Crippen molar-refractivity contribution in [1.82, 2.24) is 10.2 Å². The van der Waals surface area contributed by atoms with Crippen molar-refractivity contribution in [1.29, 1.82) is 0 Å². The predicted molar refractivity (Wildman–Crippen MR) is 67.0 cm³/mol. The summed E-state index contributed by atoms with van der Waals surface area (Å²) in [5, 5.41) is 12.3. The Morgan fingerprint density at radius 2 is 2.18 bits per heavy atom. The molecule has 2 N–H and O–H groups in total. The van der Waals surface area contributed by atoms with Gasteiger partial charge in [-0.1, -0.05) is 13.3 Å². The van der Waals surface area contributed by atoms with Gasteiger partial charge in [0.1, 0.15) is 6.04 Å². The third-order valence-electron chi connectivity index (χ3n) is 4.27. The van der Waals surface area contributed by atoms with E-state index in [2.05, 4.69) is 10.2 Å². The molecule has 2 rings (SSSR count). The highest BCUT2D eigenvalue weighted by Gasteiger charge is 2.36. The Hall–Kier alpha value is -0.610.